The molecule has 0 spiro atoms. The van der Waals surface area contributed by atoms with E-state index < -0.39 is 11.5 Å². The van der Waals surface area contributed by atoms with Crippen molar-refractivity contribution in [2.45, 2.75) is 19.0 Å². The predicted octanol–water partition coefficient (Wildman–Crippen LogP) is 2.06. The summed E-state index contributed by atoms with van der Waals surface area (Å²) in [4.78, 5) is 26.2. The lowest BCUT2D eigenvalue weighted by atomic mass is 9.91. The molecule has 0 saturated heterocycles. The summed E-state index contributed by atoms with van der Waals surface area (Å²) >= 11 is 0. The first-order chi connectivity index (χ1) is 11.4. The summed E-state index contributed by atoms with van der Waals surface area (Å²) in [6, 6.07) is 18.6. The third-order valence-corrected chi connectivity index (χ3v) is 3.87. The molecule has 0 aliphatic heterocycles. The summed E-state index contributed by atoms with van der Waals surface area (Å²) in [5.41, 5.74) is 6.69. The van der Waals surface area contributed by atoms with Gasteiger partial charge >= 0.3 is 5.97 Å². The van der Waals surface area contributed by atoms with Gasteiger partial charge in [-0.2, -0.15) is 0 Å². The number of methoxy groups -OCH3 is 1. The first-order valence-electron chi connectivity index (χ1n) is 7.69. The van der Waals surface area contributed by atoms with Gasteiger partial charge in [0.2, 0.25) is 5.91 Å². The van der Waals surface area contributed by atoms with E-state index in [2.05, 4.69) is 0 Å². The van der Waals surface area contributed by atoms with E-state index in [-0.39, 0.29) is 19.0 Å². The van der Waals surface area contributed by atoms with E-state index >= 15 is 0 Å². The number of amides is 1. The van der Waals surface area contributed by atoms with Gasteiger partial charge in [-0.1, -0.05) is 60.7 Å². The smallest absolute Gasteiger partial charge is 0.325 e. The first kappa shape index (κ1) is 17.7. The van der Waals surface area contributed by atoms with Crippen LogP contribution in [-0.4, -0.2) is 30.4 Å². The molecule has 2 N–H and O–H groups in total. The van der Waals surface area contributed by atoms with Gasteiger partial charge in [-0.15, -0.1) is 0 Å². The Morgan fingerprint density at radius 1 is 1.04 bits per heavy atom. The van der Waals surface area contributed by atoms with Gasteiger partial charge in [-0.05, 0) is 18.1 Å². The van der Waals surface area contributed by atoms with E-state index in [0.717, 1.165) is 5.56 Å². The Balaban J connectivity index is 2.28. The summed E-state index contributed by atoms with van der Waals surface area (Å²) in [5, 5.41) is 0. The first-order valence-corrected chi connectivity index (χ1v) is 7.69. The lowest BCUT2D eigenvalue weighted by molar-refractivity contribution is -0.149. The highest BCUT2D eigenvalue weighted by atomic mass is 16.5. The number of nitrogens with zero attached hydrogens (tertiary/aromatic N) is 1. The van der Waals surface area contributed by atoms with E-state index in [1.807, 2.05) is 48.5 Å². The molecule has 5 heteroatoms. The summed E-state index contributed by atoms with van der Waals surface area (Å²) in [7, 11) is 1.30. The van der Waals surface area contributed by atoms with E-state index in [1.54, 1.807) is 19.1 Å². The van der Waals surface area contributed by atoms with Gasteiger partial charge in [-0.25, -0.2) is 0 Å². The molecule has 2 rings (SSSR count). The Morgan fingerprint density at radius 3 is 2.12 bits per heavy atom. The normalized spacial score (nSPS) is 13.0. The van der Waals surface area contributed by atoms with Gasteiger partial charge in [-0.3, -0.25) is 9.59 Å². The molecule has 1 unspecified atom stereocenters. The minimum atomic E-state index is -1.23. The van der Waals surface area contributed by atoms with Gasteiger partial charge in [0.05, 0.1) is 7.11 Å². The van der Waals surface area contributed by atoms with Crippen molar-refractivity contribution in [2.24, 2.45) is 5.73 Å². The zero-order chi connectivity index (χ0) is 17.6. The number of benzene rings is 2. The number of esters is 1. The maximum atomic E-state index is 13.0. The number of ether oxygens (including phenoxy) is 1. The van der Waals surface area contributed by atoms with Crippen molar-refractivity contribution in [3.8, 4) is 0 Å². The number of carbonyl (C=O) groups is 2. The lowest BCUT2D eigenvalue weighted by Gasteiger charge is -2.31. The highest BCUT2D eigenvalue weighted by Gasteiger charge is 2.35. The molecule has 126 valence electrons. The highest BCUT2D eigenvalue weighted by molar-refractivity contribution is 5.89. The van der Waals surface area contributed by atoms with Crippen LogP contribution in [0, 0.1) is 0 Å². The third-order valence-electron chi connectivity index (χ3n) is 3.87. The molecule has 0 heterocycles. The van der Waals surface area contributed by atoms with Crippen molar-refractivity contribution in [2.75, 3.05) is 13.7 Å². The SMILES string of the molecule is COC(=O)CN(Cc1ccccc1)C(=O)C(C)(N)c1ccccc1. The van der Waals surface area contributed by atoms with E-state index in [0.29, 0.717) is 5.56 Å². The standard InChI is InChI=1S/C19H22N2O3/c1-19(20,16-11-7-4-8-12-16)18(23)21(14-17(22)24-2)13-15-9-5-3-6-10-15/h3-12H,13-14,20H2,1-2H3. The fourth-order valence-electron chi connectivity index (χ4n) is 2.46. The molecule has 24 heavy (non-hydrogen) atoms. The lowest BCUT2D eigenvalue weighted by Crippen LogP contribution is -2.52. The van der Waals surface area contributed by atoms with Crippen LogP contribution in [0.25, 0.3) is 0 Å². The average Bonchev–Trinajstić information content (AvgIpc) is 2.62. The van der Waals surface area contributed by atoms with Gasteiger partial charge in [0, 0.05) is 6.54 Å². The molecular weight excluding hydrogens is 304 g/mol. The third kappa shape index (κ3) is 4.20. The van der Waals surface area contributed by atoms with Crippen LogP contribution in [0.2, 0.25) is 0 Å². The highest BCUT2D eigenvalue weighted by Crippen LogP contribution is 2.21. The van der Waals surface area contributed by atoms with E-state index in [1.165, 1.54) is 12.0 Å². The Bertz CT molecular complexity index is 684. The molecule has 0 fully saturated rings. The second-order valence-electron chi connectivity index (χ2n) is 5.79. The molecule has 0 aliphatic carbocycles. The Kier molecular flexibility index (Phi) is 5.71. The van der Waals surface area contributed by atoms with E-state index in [4.69, 9.17) is 10.5 Å². The van der Waals surface area contributed by atoms with Gasteiger partial charge < -0.3 is 15.4 Å². The van der Waals surface area contributed by atoms with Crippen LogP contribution < -0.4 is 5.73 Å². The van der Waals surface area contributed by atoms with Gasteiger partial charge in [0.1, 0.15) is 12.1 Å². The molecule has 0 saturated carbocycles. The second kappa shape index (κ2) is 7.75. The Labute approximate surface area is 142 Å². The van der Waals surface area contributed by atoms with Crippen molar-refractivity contribution >= 4 is 11.9 Å². The summed E-state index contributed by atoms with van der Waals surface area (Å²) in [6.07, 6.45) is 0. The van der Waals surface area contributed by atoms with Crippen molar-refractivity contribution in [3.63, 3.8) is 0 Å². The summed E-state index contributed by atoms with van der Waals surface area (Å²) in [6.45, 7) is 1.79. The zero-order valence-corrected chi connectivity index (χ0v) is 13.9. The fourth-order valence-corrected chi connectivity index (χ4v) is 2.46. The van der Waals surface area contributed by atoms with Crippen LogP contribution >= 0.6 is 0 Å². The van der Waals surface area contributed by atoms with Gasteiger partial charge in [0.15, 0.2) is 0 Å². The number of hydrogen-bond donors (Lipinski definition) is 1. The molecule has 0 aromatic heterocycles. The van der Waals surface area contributed by atoms with Crippen LogP contribution in [-0.2, 0) is 26.4 Å². The van der Waals surface area contributed by atoms with Crippen molar-refractivity contribution in [1.82, 2.24) is 4.90 Å². The summed E-state index contributed by atoms with van der Waals surface area (Å²) < 4.78 is 4.71. The van der Waals surface area contributed by atoms with Crippen LogP contribution in [0.5, 0.6) is 0 Å². The quantitative estimate of drug-likeness (QED) is 0.825. The van der Waals surface area contributed by atoms with Crippen molar-refractivity contribution in [1.29, 1.82) is 0 Å². The molecule has 0 radical (unpaired) electrons. The topological polar surface area (TPSA) is 72.6 Å². The second-order valence-corrected chi connectivity index (χ2v) is 5.79. The maximum absolute atomic E-state index is 13.0. The number of hydrogen-bond acceptors (Lipinski definition) is 4. The molecule has 0 aliphatic rings. The fraction of sp³-hybridized carbons (Fsp3) is 0.263. The Hall–Kier alpha value is -2.66. The molecule has 2 aromatic rings. The number of rotatable bonds is 6. The average molecular weight is 326 g/mol. The maximum Gasteiger partial charge on any atom is 0.325 e. The van der Waals surface area contributed by atoms with E-state index in [9.17, 15) is 9.59 Å². The van der Waals surface area contributed by atoms with Crippen LogP contribution in [0.1, 0.15) is 18.1 Å². The van der Waals surface area contributed by atoms with Gasteiger partial charge in [0.25, 0.3) is 0 Å². The zero-order valence-electron chi connectivity index (χ0n) is 13.9. The molecule has 1 atom stereocenters. The molecule has 2 aromatic carbocycles. The molecule has 5 nitrogen and oxygen atoms in total. The monoisotopic (exact) mass is 326 g/mol. The molecule has 0 bridgehead atoms. The predicted molar refractivity (Wildman–Crippen MR) is 91.9 cm³/mol. The van der Waals surface area contributed by atoms with Crippen LogP contribution in [0.4, 0.5) is 0 Å². The minimum Gasteiger partial charge on any atom is -0.468 e. The number of carbonyl (C=O) groups excluding carboxylic acids is 2. The van der Waals surface area contributed by atoms with Crippen LogP contribution in [0.3, 0.4) is 0 Å². The number of nitrogens with two attached hydrogens (primary N) is 1. The summed E-state index contributed by atoms with van der Waals surface area (Å²) in [5.74, 6) is -0.814. The Morgan fingerprint density at radius 2 is 1.58 bits per heavy atom. The molecular formula is C19H22N2O3. The largest absolute Gasteiger partial charge is 0.468 e. The van der Waals surface area contributed by atoms with Crippen LogP contribution in [0.15, 0.2) is 60.7 Å². The van der Waals surface area contributed by atoms with Crippen molar-refractivity contribution in [3.05, 3.63) is 71.8 Å². The molecule has 1 amide bonds. The minimum absolute atomic E-state index is 0.149. The van der Waals surface area contributed by atoms with Crippen molar-refractivity contribution < 1.29 is 14.3 Å².